The maximum absolute atomic E-state index is 4.21. The molecule has 7 heteroatoms. The fraction of sp³-hybridized carbons (Fsp3) is 0. The molecular formula is C24H19N7. The quantitative estimate of drug-likeness (QED) is 0.242. The smallest absolute Gasteiger partial charge is 0.0875 e. The normalized spacial score (nSPS) is 11.5. The summed E-state index contributed by atoms with van der Waals surface area (Å²) in [5.74, 6) is 0. The number of rotatable bonds is 7. The van der Waals surface area contributed by atoms with Gasteiger partial charge < -0.3 is 0 Å². The predicted octanol–water partition coefficient (Wildman–Crippen LogP) is 8.63. The van der Waals surface area contributed by atoms with Crippen LogP contribution in [0.2, 0.25) is 0 Å². The summed E-state index contributed by atoms with van der Waals surface area (Å²) in [5.41, 5.74) is 7.53. The van der Waals surface area contributed by atoms with Gasteiger partial charge in [-0.25, -0.2) is 0 Å². The molecule has 0 saturated carbocycles. The number of benzene rings is 4. The van der Waals surface area contributed by atoms with E-state index in [4.69, 9.17) is 0 Å². The van der Waals surface area contributed by atoms with Crippen molar-refractivity contribution in [1.82, 2.24) is 0 Å². The van der Waals surface area contributed by atoms with Crippen molar-refractivity contribution in [2.45, 2.75) is 0 Å². The highest BCUT2D eigenvalue weighted by atomic mass is 15.4. The van der Waals surface area contributed by atoms with Crippen LogP contribution in [0.3, 0.4) is 0 Å². The molecule has 4 aromatic rings. The van der Waals surface area contributed by atoms with Crippen molar-refractivity contribution in [3.8, 4) is 0 Å². The van der Waals surface area contributed by atoms with Crippen LogP contribution in [0.25, 0.3) is 0 Å². The lowest BCUT2D eigenvalue weighted by Gasteiger charge is -1.99. The third-order valence-electron chi connectivity index (χ3n) is 4.14. The molecule has 150 valence electrons. The average Bonchev–Trinajstić information content (AvgIpc) is 2.84. The average molecular weight is 405 g/mol. The van der Waals surface area contributed by atoms with Gasteiger partial charge in [0.1, 0.15) is 0 Å². The highest BCUT2D eigenvalue weighted by Gasteiger charge is 1.95. The molecule has 0 unspecified atom stereocenters. The van der Waals surface area contributed by atoms with Gasteiger partial charge in [-0.2, -0.15) is 20.5 Å². The molecular weight excluding hydrogens is 386 g/mol. The predicted molar refractivity (Wildman–Crippen MR) is 122 cm³/mol. The summed E-state index contributed by atoms with van der Waals surface area (Å²) >= 11 is 0. The van der Waals surface area contributed by atoms with Gasteiger partial charge in [0.15, 0.2) is 0 Å². The molecule has 0 spiro atoms. The Morgan fingerprint density at radius 2 is 0.710 bits per heavy atom. The molecule has 0 aliphatic carbocycles. The Morgan fingerprint density at radius 3 is 1.16 bits per heavy atom. The molecule has 1 N–H and O–H groups in total. The van der Waals surface area contributed by atoms with Crippen LogP contribution < -0.4 is 5.43 Å². The van der Waals surface area contributed by atoms with E-state index in [0.717, 1.165) is 28.4 Å². The first-order valence-electron chi connectivity index (χ1n) is 9.66. The van der Waals surface area contributed by atoms with Crippen molar-refractivity contribution in [3.05, 3.63) is 109 Å². The van der Waals surface area contributed by atoms with Gasteiger partial charge in [-0.1, -0.05) is 41.6 Å². The first-order valence-corrected chi connectivity index (χ1v) is 9.66. The third kappa shape index (κ3) is 6.23. The maximum Gasteiger partial charge on any atom is 0.0875 e. The molecule has 0 aliphatic heterocycles. The lowest BCUT2D eigenvalue weighted by Crippen LogP contribution is -1.84. The summed E-state index contributed by atoms with van der Waals surface area (Å²) in [5, 5.41) is 25.0. The molecule has 4 rings (SSSR count). The molecule has 0 fully saturated rings. The Morgan fingerprint density at radius 1 is 0.355 bits per heavy atom. The lowest BCUT2D eigenvalue weighted by atomic mass is 10.3. The highest BCUT2D eigenvalue weighted by molar-refractivity contribution is 5.51. The van der Waals surface area contributed by atoms with Crippen LogP contribution in [0.1, 0.15) is 0 Å². The number of anilines is 1. The van der Waals surface area contributed by atoms with Crippen LogP contribution in [-0.2, 0) is 0 Å². The van der Waals surface area contributed by atoms with E-state index in [9.17, 15) is 0 Å². The molecule has 0 bridgehead atoms. The summed E-state index contributed by atoms with van der Waals surface area (Å²) in [4.78, 5) is 0. The summed E-state index contributed by atoms with van der Waals surface area (Å²) in [6.45, 7) is 0. The van der Waals surface area contributed by atoms with Crippen molar-refractivity contribution in [3.63, 3.8) is 0 Å². The monoisotopic (exact) mass is 405 g/mol. The lowest BCUT2D eigenvalue weighted by molar-refractivity contribution is 1.13. The topological polar surface area (TPSA) is 86.2 Å². The fourth-order valence-electron chi connectivity index (χ4n) is 2.55. The van der Waals surface area contributed by atoms with Gasteiger partial charge in [-0.05, 0) is 72.8 Å². The minimum Gasteiger partial charge on any atom is -0.260 e. The van der Waals surface area contributed by atoms with E-state index in [1.165, 1.54) is 0 Å². The van der Waals surface area contributed by atoms with Gasteiger partial charge in [-0.3, -0.25) is 5.43 Å². The van der Waals surface area contributed by atoms with Crippen LogP contribution in [0.15, 0.2) is 140 Å². The van der Waals surface area contributed by atoms with E-state index in [1.54, 1.807) is 0 Å². The highest BCUT2D eigenvalue weighted by Crippen LogP contribution is 2.23. The first kappa shape index (κ1) is 19.8. The molecule has 7 nitrogen and oxygen atoms in total. The Bertz CT molecular complexity index is 1170. The van der Waals surface area contributed by atoms with Gasteiger partial charge in [0, 0.05) is 0 Å². The van der Waals surface area contributed by atoms with Crippen LogP contribution in [0, 0.1) is 0 Å². The second kappa shape index (κ2) is 10.3. The van der Waals surface area contributed by atoms with Crippen LogP contribution >= 0.6 is 0 Å². The summed E-state index contributed by atoms with van der Waals surface area (Å²) in [6, 6.07) is 34.0. The van der Waals surface area contributed by atoms with Crippen LogP contribution in [0.5, 0.6) is 0 Å². The van der Waals surface area contributed by atoms with E-state index in [0.29, 0.717) is 5.69 Å². The molecule has 4 aromatic carbocycles. The largest absolute Gasteiger partial charge is 0.260 e. The minimum absolute atomic E-state index is 0.708. The van der Waals surface area contributed by atoms with Gasteiger partial charge >= 0.3 is 0 Å². The number of nitrogens with one attached hydrogen (secondary N) is 1. The molecule has 0 heterocycles. The first-order chi connectivity index (χ1) is 15.3. The van der Waals surface area contributed by atoms with E-state index in [-0.39, 0.29) is 0 Å². The zero-order chi connectivity index (χ0) is 21.1. The zero-order valence-corrected chi connectivity index (χ0v) is 16.6. The van der Waals surface area contributed by atoms with Gasteiger partial charge in [0.05, 0.1) is 34.1 Å². The van der Waals surface area contributed by atoms with Crippen LogP contribution in [0.4, 0.5) is 34.1 Å². The van der Waals surface area contributed by atoms with Gasteiger partial charge in [-0.15, -0.1) is 5.11 Å². The Hall–Kier alpha value is -4.52. The number of hydrogen-bond donors (Lipinski definition) is 1. The molecule has 0 saturated heterocycles. The third-order valence-corrected chi connectivity index (χ3v) is 4.14. The molecule has 0 aromatic heterocycles. The Kier molecular flexibility index (Phi) is 6.58. The van der Waals surface area contributed by atoms with Crippen molar-refractivity contribution < 1.29 is 0 Å². The Balaban J connectivity index is 1.30. The van der Waals surface area contributed by atoms with E-state index >= 15 is 0 Å². The maximum atomic E-state index is 4.21. The fourth-order valence-corrected chi connectivity index (χ4v) is 2.55. The van der Waals surface area contributed by atoms with E-state index < -0.39 is 0 Å². The molecule has 0 amide bonds. The Labute approximate surface area is 179 Å². The van der Waals surface area contributed by atoms with Gasteiger partial charge in [0.2, 0.25) is 0 Å². The van der Waals surface area contributed by atoms with E-state index in [2.05, 4.69) is 36.2 Å². The zero-order valence-electron chi connectivity index (χ0n) is 16.6. The molecule has 0 radical (unpaired) electrons. The SMILES string of the molecule is c1ccc(N=Nc2ccc(N=NNc3ccc(N=Nc4ccccc4)cc3)cc2)cc1. The van der Waals surface area contributed by atoms with Gasteiger partial charge in [0.25, 0.3) is 0 Å². The molecule has 0 atom stereocenters. The second-order valence-corrected chi connectivity index (χ2v) is 6.45. The number of hydrogen-bond acceptors (Lipinski definition) is 6. The van der Waals surface area contributed by atoms with Crippen molar-refractivity contribution >= 4 is 34.1 Å². The molecule has 0 aliphatic rings. The standard InChI is InChI=1S/C24H19N7/c1-3-7-19(8-4-1)25-27-21-11-15-23(16-12-21)29-31-30-24-17-13-22(14-18-24)28-26-20-9-5-2-6-10-20/h1-18H,(H,29,30). The summed E-state index contributed by atoms with van der Waals surface area (Å²) in [7, 11) is 0. The molecule has 31 heavy (non-hydrogen) atoms. The summed E-state index contributed by atoms with van der Waals surface area (Å²) < 4.78 is 0. The number of azo groups is 2. The van der Waals surface area contributed by atoms with Crippen molar-refractivity contribution in [2.24, 2.45) is 30.8 Å². The minimum atomic E-state index is 0.708. The number of nitrogens with zero attached hydrogens (tertiary/aromatic N) is 6. The van der Waals surface area contributed by atoms with Crippen molar-refractivity contribution in [1.29, 1.82) is 0 Å². The van der Waals surface area contributed by atoms with Crippen LogP contribution in [-0.4, -0.2) is 0 Å². The summed E-state index contributed by atoms with van der Waals surface area (Å²) in [6.07, 6.45) is 0. The van der Waals surface area contributed by atoms with E-state index in [1.807, 2.05) is 109 Å². The second-order valence-electron chi connectivity index (χ2n) is 6.45. The van der Waals surface area contributed by atoms with Crippen molar-refractivity contribution in [2.75, 3.05) is 5.43 Å².